The van der Waals surface area contributed by atoms with Gasteiger partial charge in [-0.25, -0.2) is 4.98 Å². The Morgan fingerprint density at radius 2 is 1.93 bits per heavy atom. The van der Waals surface area contributed by atoms with Gasteiger partial charge in [0.2, 0.25) is 5.91 Å². The molecule has 158 valence electrons. The van der Waals surface area contributed by atoms with Gasteiger partial charge in [-0.05, 0) is 42.7 Å². The van der Waals surface area contributed by atoms with Crippen molar-refractivity contribution in [2.45, 2.75) is 32.7 Å². The van der Waals surface area contributed by atoms with Crippen LogP contribution in [0.5, 0.6) is 5.75 Å². The summed E-state index contributed by atoms with van der Waals surface area (Å²) in [5.41, 5.74) is -0.192. The maximum absolute atomic E-state index is 12.9. The standard InChI is InChI=1S/C20H18F3N3O4/c1-11(2)9-15(18(28)25-16-5-3-4-8-24-16)26-14-7-6-12(30-20(21,22)23)10-13(14)17(27)19(26)29/h3-8,10-11,15H,9H2,1-2H3,(H,24,25,28). The third kappa shape index (κ3) is 4.58. The Hall–Kier alpha value is -3.43. The fraction of sp³-hybridized carbons (Fsp3) is 0.300. The number of ketones is 1. The lowest BCUT2D eigenvalue weighted by Crippen LogP contribution is -2.47. The lowest BCUT2D eigenvalue weighted by molar-refractivity contribution is -0.274. The Morgan fingerprint density at radius 3 is 2.53 bits per heavy atom. The summed E-state index contributed by atoms with van der Waals surface area (Å²) in [7, 11) is 0. The largest absolute Gasteiger partial charge is 0.573 e. The number of pyridine rings is 1. The normalized spacial score (nSPS) is 14.7. The molecule has 0 saturated heterocycles. The summed E-state index contributed by atoms with van der Waals surface area (Å²) in [6, 6.07) is 6.86. The topological polar surface area (TPSA) is 88.6 Å². The van der Waals surface area contributed by atoms with Crippen LogP contribution in [0.15, 0.2) is 42.6 Å². The van der Waals surface area contributed by atoms with Crippen LogP contribution in [0.3, 0.4) is 0 Å². The molecule has 2 amide bonds. The molecule has 30 heavy (non-hydrogen) atoms. The summed E-state index contributed by atoms with van der Waals surface area (Å²) in [6.45, 7) is 3.68. The van der Waals surface area contributed by atoms with Gasteiger partial charge in [-0.2, -0.15) is 0 Å². The molecule has 0 saturated carbocycles. The Labute approximate surface area is 169 Å². The number of rotatable bonds is 6. The summed E-state index contributed by atoms with van der Waals surface area (Å²) in [4.78, 5) is 43.0. The fourth-order valence-corrected chi connectivity index (χ4v) is 3.17. The Kier molecular flexibility index (Phi) is 5.77. The predicted octanol–water partition coefficient (Wildman–Crippen LogP) is 3.56. The molecule has 2 heterocycles. The first-order chi connectivity index (χ1) is 14.1. The number of alkyl halides is 3. The van der Waals surface area contributed by atoms with Crippen LogP contribution in [0.4, 0.5) is 24.7 Å². The number of fused-ring (bicyclic) bond motifs is 1. The van der Waals surface area contributed by atoms with Gasteiger partial charge in [0.1, 0.15) is 17.6 Å². The lowest BCUT2D eigenvalue weighted by atomic mass is 10.0. The Morgan fingerprint density at radius 1 is 1.20 bits per heavy atom. The van der Waals surface area contributed by atoms with Crippen molar-refractivity contribution in [3.8, 4) is 5.75 Å². The number of hydrogen-bond acceptors (Lipinski definition) is 5. The van der Waals surface area contributed by atoms with Gasteiger partial charge >= 0.3 is 6.36 Å². The van der Waals surface area contributed by atoms with Crippen molar-refractivity contribution in [2.24, 2.45) is 5.92 Å². The SMILES string of the molecule is CC(C)CC(C(=O)Nc1ccccn1)N1C(=O)C(=O)c2cc(OC(F)(F)F)ccc21. The number of aromatic nitrogens is 1. The number of benzene rings is 1. The third-order valence-corrected chi connectivity index (χ3v) is 4.34. The zero-order valence-corrected chi connectivity index (χ0v) is 16.1. The van der Waals surface area contributed by atoms with Crippen LogP contribution in [-0.4, -0.2) is 35.0 Å². The van der Waals surface area contributed by atoms with Crippen molar-refractivity contribution < 1.29 is 32.3 Å². The minimum atomic E-state index is -4.94. The minimum absolute atomic E-state index is 0.0238. The molecular formula is C20H18F3N3O4. The molecule has 1 atom stereocenters. The molecule has 0 radical (unpaired) electrons. The molecule has 0 bridgehead atoms. The van der Waals surface area contributed by atoms with Crippen LogP contribution >= 0.6 is 0 Å². The summed E-state index contributed by atoms with van der Waals surface area (Å²) < 4.78 is 41.3. The minimum Gasteiger partial charge on any atom is -0.406 e. The van der Waals surface area contributed by atoms with Gasteiger partial charge in [0.25, 0.3) is 11.7 Å². The van der Waals surface area contributed by atoms with E-state index < -0.39 is 35.8 Å². The number of hydrogen-bond donors (Lipinski definition) is 1. The zero-order valence-electron chi connectivity index (χ0n) is 16.1. The second kappa shape index (κ2) is 8.13. The van der Waals surface area contributed by atoms with Gasteiger partial charge in [-0.1, -0.05) is 19.9 Å². The quantitative estimate of drug-likeness (QED) is 0.721. The Balaban J connectivity index is 1.95. The van der Waals surface area contributed by atoms with Crippen LogP contribution in [0.1, 0.15) is 30.6 Å². The highest BCUT2D eigenvalue weighted by Crippen LogP contribution is 2.36. The van der Waals surface area contributed by atoms with Gasteiger partial charge in [-0.15, -0.1) is 13.2 Å². The molecule has 1 aromatic heterocycles. The number of carbonyl (C=O) groups is 3. The van der Waals surface area contributed by atoms with E-state index >= 15 is 0 Å². The Bertz CT molecular complexity index is 977. The third-order valence-electron chi connectivity index (χ3n) is 4.34. The van der Waals surface area contributed by atoms with Crippen LogP contribution in [0, 0.1) is 5.92 Å². The number of anilines is 2. The van der Waals surface area contributed by atoms with Crippen LogP contribution in [-0.2, 0) is 9.59 Å². The van der Waals surface area contributed by atoms with Gasteiger partial charge in [-0.3, -0.25) is 19.3 Å². The number of amides is 2. The van der Waals surface area contributed by atoms with Crippen LogP contribution < -0.4 is 15.0 Å². The first kappa shape index (κ1) is 21.3. The maximum atomic E-state index is 12.9. The molecule has 0 fully saturated rings. The lowest BCUT2D eigenvalue weighted by Gasteiger charge is -2.28. The van der Waals surface area contributed by atoms with E-state index in [1.807, 2.05) is 13.8 Å². The predicted molar refractivity (Wildman–Crippen MR) is 101 cm³/mol. The van der Waals surface area contributed by atoms with E-state index in [2.05, 4.69) is 15.0 Å². The highest BCUT2D eigenvalue weighted by Gasteiger charge is 2.43. The zero-order chi connectivity index (χ0) is 22.1. The first-order valence-electron chi connectivity index (χ1n) is 9.06. The fourth-order valence-electron chi connectivity index (χ4n) is 3.17. The van der Waals surface area contributed by atoms with Gasteiger partial charge < -0.3 is 10.1 Å². The van der Waals surface area contributed by atoms with E-state index in [9.17, 15) is 27.6 Å². The van der Waals surface area contributed by atoms with E-state index in [1.165, 1.54) is 12.3 Å². The average molecular weight is 421 g/mol. The smallest absolute Gasteiger partial charge is 0.406 e. The van der Waals surface area contributed by atoms with Crippen molar-refractivity contribution in [1.82, 2.24) is 4.98 Å². The van der Waals surface area contributed by atoms with Gasteiger partial charge in [0.15, 0.2) is 0 Å². The maximum Gasteiger partial charge on any atom is 0.573 e. The highest BCUT2D eigenvalue weighted by molar-refractivity contribution is 6.53. The molecule has 0 spiro atoms. The number of carbonyl (C=O) groups excluding carboxylic acids is 3. The van der Waals surface area contributed by atoms with E-state index in [1.54, 1.807) is 18.2 Å². The molecule has 0 aliphatic carbocycles. The van der Waals surface area contributed by atoms with Crippen LogP contribution in [0.2, 0.25) is 0 Å². The molecule has 7 nitrogen and oxygen atoms in total. The second-order valence-corrected chi connectivity index (χ2v) is 7.08. The van der Waals surface area contributed by atoms with E-state index in [-0.39, 0.29) is 29.4 Å². The first-order valence-corrected chi connectivity index (χ1v) is 9.06. The monoisotopic (exact) mass is 421 g/mol. The molecule has 1 aromatic carbocycles. The summed E-state index contributed by atoms with van der Waals surface area (Å²) in [5.74, 6) is -2.93. The van der Waals surface area contributed by atoms with Crippen LogP contribution in [0.25, 0.3) is 0 Å². The van der Waals surface area contributed by atoms with E-state index in [4.69, 9.17) is 0 Å². The van der Waals surface area contributed by atoms with Crippen molar-refractivity contribution >= 4 is 29.1 Å². The van der Waals surface area contributed by atoms with Crippen molar-refractivity contribution in [2.75, 3.05) is 10.2 Å². The molecule has 1 N–H and O–H groups in total. The van der Waals surface area contributed by atoms with Crippen molar-refractivity contribution in [1.29, 1.82) is 0 Å². The molecule has 1 aliphatic rings. The molecule has 1 aliphatic heterocycles. The van der Waals surface area contributed by atoms with E-state index in [0.717, 1.165) is 17.0 Å². The highest BCUT2D eigenvalue weighted by atomic mass is 19.4. The molecule has 3 rings (SSSR count). The average Bonchev–Trinajstić information content (AvgIpc) is 2.90. The molecule has 1 unspecified atom stereocenters. The number of nitrogens with one attached hydrogen (secondary N) is 1. The molecular weight excluding hydrogens is 403 g/mol. The number of ether oxygens (including phenoxy) is 1. The van der Waals surface area contributed by atoms with Gasteiger partial charge in [0.05, 0.1) is 11.3 Å². The molecule has 10 heteroatoms. The number of halogens is 3. The second-order valence-electron chi connectivity index (χ2n) is 7.08. The summed E-state index contributed by atoms with van der Waals surface area (Å²) in [6.07, 6.45) is -3.24. The van der Waals surface area contributed by atoms with Crippen molar-refractivity contribution in [3.63, 3.8) is 0 Å². The number of nitrogens with zero attached hydrogens (tertiary/aromatic N) is 2. The van der Waals surface area contributed by atoms with Gasteiger partial charge in [0, 0.05) is 6.20 Å². The molecule has 2 aromatic rings. The number of Topliss-reactive ketones (excluding diaryl/α,β-unsaturated/α-hetero) is 1. The summed E-state index contributed by atoms with van der Waals surface area (Å²) in [5, 5.41) is 2.60. The summed E-state index contributed by atoms with van der Waals surface area (Å²) >= 11 is 0. The van der Waals surface area contributed by atoms with E-state index in [0.29, 0.717) is 0 Å². The van der Waals surface area contributed by atoms with Crippen molar-refractivity contribution in [3.05, 3.63) is 48.2 Å².